The van der Waals surface area contributed by atoms with Crippen LogP contribution in [0.15, 0.2) is 12.1 Å². The molecule has 19 heavy (non-hydrogen) atoms. The Bertz CT molecular complexity index is 533. The minimum atomic E-state index is -0.422. The number of nitrogen functional groups attached to an aromatic ring is 1. The van der Waals surface area contributed by atoms with E-state index in [1.54, 1.807) is 7.11 Å². The molecular weight excluding hydrogens is 245 g/mol. The molecule has 0 heterocycles. The molecule has 2 aliphatic rings. The minimum absolute atomic E-state index is 0.0646. The Balaban J connectivity index is 1.91. The van der Waals surface area contributed by atoms with Crippen LogP contribution in [0.4, 0.5) is 10.1 Å². The summed E-state index contributed by atoms with van der Waals surface area (Å²) in [5, 5.41) is 0. The maximum absolute atomic E-state index is 13.5. The summed E-state index contributed by atoms with van der Waals surface area (Å²) in [6, 6.07) is 2.93. The average molecular weight is 263 g/mol. The van der Waals surface area contributed by atoms with E-state index in [9.17, 15) is 9.18 Å². The lowest BCUT2D eigenvalue weighted by molar-refractivity contribution is 0.0285. The van der Waals surface area contributed by atoms with Gasteiger partial charge in [0.2, 0.25) is 0 Å². The summed E-state index contributed by atoms with van der Waals surface area (Å²) in [6.07, 6.45) is 4.34. The number of benzene rings is 1. The van der Waals surface area contributed by atoms with E-state index in [1.165, 1.54) is 12.1 Å². The van der Waals surface area contributed by atoms with Gasteiger partial charge < -0.3 is 10.5 Å². The largest absolute Gasteiger partial charge is 0.396 e. The van der Waals surface area contributed by atoms with E-state index in [-0.39, 0.29) is 23.0 Å². The summed E-state index contributed by atoms with van der Waals surface area (Å²) in [6.45, 7) is 0. The molecule has 2 N–H and O–H groups in total. The maximum atomic E-state index is 13.5. The van der Waals surface area contributed by atoms with Crippen LogP contribution in [-0.4, -0.2) is 19.0 Å². The highest BCUT2D eigenvalue weighted by atomic mass is 19.1. The smallest absolute Gasteiger partial charge is 0.169 e. The molecule has 1 spiro atoms. The molecule has 102 valence electrons. The van der Waals surface area contributed by atoms with E-state index < -0.39 is 5.82 Å². The Labute approximate surface area is 111 Å². The van der Waals surface area contributed by atoms with Crippen molar-refractivity contribution in [3.05, 3.63) is 29.1 Å². The molecule has 0 saturated heterocycles. The van der Waals surface area contributed by atoms with Gasteiger partial charge in [0.1, 0.15) is 5.82 Å². The highest BCUT2D eigenvalue weighted by Crippen LogP contribution is 2.48. The third-order valence-electron chi connectivity index (χ3n) is 4.70. The number of methoxy groups -OCH3 is 1. The highest BCUT2D eigenvalue weighted by molar-refractivity contribution is 6.05. The lowest BCUT2D eigenvalue weighted by Crippen LogP contribution is -2.35. The first kappa shape index (κ1) is 12.6. The number of fused-ring (bicyclic) bond motifs is 1. The molecule has 0 radical (unpaired) electrons. The molecule has 1 saturated carbocycles. The molecule has 0 atom stereocenters. The number of Topliss-reactive ketones (excluding diaryl/α,β-unsaturated/α-hetero) is 1. The summed E-state index contributed by atoms with van der Waals surface area (Å²) >= 11 is 0. The number of hydrogen-bond donors (Lipinski definition) is 1. The number of nitrogens with two attached hydrogens (primary N) is 1. The highest BCUT2D eigenvalue weighted by Gasteiger charge is 2.47. The van der Waals surface area contributed by atoms with Crippen molar-refractivity contribution in [3.63, 3.8) is 0 Å². The number of ketones is 1. The molecule has 3 nitrogen and oxygen atoms in total. The van der Waals surface area contributed by atoms with E-state index in [0.717, 1.165) is 31.2 Å². The van der Waals surface area contributed by atoms with E-state index in [2.05, 4.69) is 0 Å². The first-order chi connectivity index (χ1) is 9.05. The predicted molar refractivity (Wildman–Crippen MR) is 70.5 cm³/mol. The van der Waals surface area contributed by atoms with Crippen molar-refractivity contribution in [1.29, 1.82) is 0 Å². The summed E-state index contributed by atoms with van der Waals surface area (Å²) in [5.74, 6) is -0.280. The Morgan fingerprint density at radius 2 is 2.05 bits per heavy atom. The van der Waals surface area contributed by atoms with Gasteiger partial charge in [-0.1, -0.05) is 0 Å². The standard InChI is InChI=1S/C15H18FNO2/c1-19-10-2-4-15(5-3-10)8-9-6-12(16)13(17)7-11(9)14(15)18/h6-7,10H,2-5,8,17H2,1H3. The van der Waals surface area contributed by atoms with Gasteiger partial charge in [0, 0.05) is 18.1 Å². The number of hydrogen-bond acceptors (Lipinski definition) is 3. The number of halogens is 1. The van der Waals surface area contributed by atoms with Gasteiger partial charge in [-0.2, -0.15) is 0 Å². The van der Waals surface area contributed by atoms with Crippen molar-refractivity contribution >= 4 is 11.5 Å². The van der Waals surface area contributed by atoms with Crippen LogP contribution >= 0.6 is 0 Å². The van der Waals surface area contributed by atoms with Gasteiger partial charge in [-0.05, 0) is 49.8 Å². The van der Waals surface area contributed by atoms with E-state index in [0.29, 0.717) is 12.0 Å². The fraction of sp³-hybridized carbons (Fsp3) is 0.533. The van der Waals surface area contributed by atoms with Crippen LogP contribution in [0.5, 0.6) is 0 Å². The van der Waals surface area contributed by atoms with Gasteiger partial charge in [-0.25, -0.2) is 4.39 Å². The van der Waals surface area contributed by atoms with Gasteiger partial charge in [0.05, 0.1) is 11.8 Å². The van der Waals surface area contributed by atoms with E-state index in [4.69, 9.17) is 10.5 Å². The first-order valence-electron chi connectivity index (χ1n) is 6.71. The molecule has 0 aliphatic heterocycles. The van der Waals surface area contributed by atoms with Crippen LogP contribution < -0.4 is 5.73 Å². The second-order valence-electron chi connectivity index (χ2n) is 5.75. The predicted octanol–water partition coefficient (Wildman–Crippen LogP) is 2.72. The second kappa shape index (κ2) is 4.30. The number of carbonyl (C=O) groups is 1. The van der Waals surface area contributed by atoms with Gasteiger partial charge >= 0.3 is 0 Å². The minimum Gasteiger partial charge on any atom is -0.396 e. The van der Waals surface area contributed by atoms with Crippen molar-refractivity contribution in [3.8, 4) is 0 Å². The number of rotatable bonds is 1. The van der Waals surface area contributed by atoms with Gasteiger partial charge in [0.25, 0.3) is 0 Å². The zero-order chi connectivity index (χ0) is 13.6. The van der Waals surface area contributed by atoms with Crippen molar-refractivity contribution in [1.82, 2.24) is 0 Å². The van der Waals surface area contributed by atoms with Crippen molar-refractivity contribution in [2.45, 2.75) is 38.2 Å². The number of carbonyl (C=O) groups excluding carboxylic acids is 1. The monoisotopic (exact) mass is 263 g/mol. The van der Waals surface area contributed by atoms with Crippen LogP contribution in [0.1, 0.15) is 41.6 Å². The fourth-order valence-corrected chi connectivity index (χ4v) is 3.50. The SMILES string of the molecule is COC1CCC2(CC1)Cc1cc(F)c(N)cc1C2=O. The molecule has 1 fully saturated rings. The summed E-state index contributed by atoms with van der Waals surface area (Å²) < 4.78 is 18.9. The quantitative estimate of drug-likeness (QED) is 0.793. The lowest BCUT2D eigenvalue weighted by atomic mass is 9.70. The average Bonchev–Trinajstić information content (AvgIpc) is 2.65. The van der Waals surface area contributed by atoms with Gasteiger partial charge in [-0.15, -0.1) is 0 Å². The van der Waals surface area contributed by atoms with Crippen LogP contribution in [0.3, 0.4) is 0 Å². The zero-order valence-corrected chi connectivity index (χ0v) is 11.0. The zero-order valence-electron chi connectivity index (χ0n) is 11.0. The van der Waals surface area contributed by atoms with Crippen LogP contribution in [-0.2, 0) is 11.2 Å². The first-order valence-corrected chi connectivity index (χ1v) is 6.71. The Morgan fingerprint density at radius 1 is 1.37 bits per heavy atom. The molecule has 0 amide bonds. The summed E-state index contributed by atoms with van der Waals surface area (Å²) in [4.78, 5) is 12.6. The van der Waals surface area contributed by atoms with Crippen molar-refractivity contribution in [2.24, 2.45) is 5.41 Å². The summed E-state index contributed by atoms with van der Waals surface area (Å²) in [5.41, 5.74) is 6.73. The van der Waals surface area contributed by atoms with Gasteiger partial charge in [-0.3, -0.25) is 4.79 Å². The molecule has 1 aromatic rings. The molecular formula is C15H18FNO2. The van der Waals surface area contributed by atoms with E-state index in [1.807, 2.05) is 0 Å². The fourth-order valence-electron chi connectivity index (χ4n) is 3.50. The van der Waals surface area contributed by atoms with E-state index >= 15 is 0 Å². The maximum Gasteiger partial charge on any atom is 0.169 e. The van der Waals surface area contributed by atoms with Crippen molar-refractivity contribution < 1.29 is 13.9 Å². The Kier molecular flexibility index (Phi) is 2.86. The molecule has 0 aromatic heterocycles. The molecule has 0 bridgehead atoms. The molecule has 4 heteroatoms. The van der Waals surface area contributed by atoms with Crippen LogP contribution in [0, 0.1) is 11.2 Å². The third-order valence-corrected chi connectivity index (χ3v) is 4.70. The molecule has 2 aliphatic carbocycles. The van der Waals surface area contributed by atoms with Crippen molar-refractivity contribution in [2.75, 3.05) is 12.8 Å². The third kappa shape index (κ3) is 1.86. The second-order valence-corrected chi connectivity index (χ2v) is 5.75. The molecule has 3 rings (SSSR count). The van der Waals surface area contributed by atoms with Crippen LogP contribution in [0.2, 0.25) is 0 Å². The molecule has 1 aromatic carbocycles. The Morgan fingerprint density at radius 3 is 2.68 bits per heavy atom. The Hall–Kier alpha value is -1.42. The van der Waals surface area contributed by atoms with Gasteiger partial charge in [0.15, 0.2) is 5.78 Å². The number of ether oxygens (including phenoxy) is 1. The lowest BCUT2D eigenvalue weighted by Gasteiger charge is -2.35. The number of anilines is 1. The normalized spacial score (nSPS) is 29.8. The van der Waals surface area contributed by atoms with Crippen LogP contribution in [0.25, 0.3) is 0 Å². The topological polar surface area (TPSA) is 52.3 Å². The molecule has 0 unspecified atom stereocenters. The summed E-state index contributed by atoms with van der Waals surface area (Å²) in [7, 11) is 1.71.